The number of aromatic nitrogens is 2. The number of ketones is 1. The maximum atomic E-state index is 12.8. The highest BCUT2D eigenvalue weighted by Crippen LogP contribution is 2.40. The van der Waals surface area contributed by atoms with Gasteiger partial charge in [-0.25, -0.2) is 4.98 Å². The second-order valence-corrected chi connectivity index (χ2v) is 7.96. The number of pyridine rings is 1. The minimum Gasteiger partial charge on any atom is -0.507 e. The largest absolute Gasteiger partial charge is 0.507 e. The number of carbonyl (C=O) groups is 1. The first kappa shape index (κ1) is 16.6. The molecule has 2 bridgehead atoms. The summed E-state index contributed by atoms with van der Waals surface area (Å²) in [6.45, 7) is 1.97. The molecule has 0 spiro atoms. The molecule has 7 nitrogen and oxygen atoms in total. The van der Waals surface area contributed by atoms with Crippen LogP contribution in [0.25, 0.3) is 17.1 Å². The van der Waals surface area contributed by atoms with Crippen LogP contribution in [0.1, 0.15) is 22.3 Å². The van der Waals surface area contributed by atoms with Gasteiger partial charge in [-0.1, -0.05) is 6.07 Å². The van der Waals surface area contributed by atoms with E-state index in [0.717, 1.165) is 41.8 Å². The fourth-order valence-corrected chi connectivity index (χ4v) is 4.88. The number of allylic oxidation sites excluding steroid dienone is 1. The van der Waals surface area contributed by atoms with E-state index in [1.165, 1.54) is 6.07 Å². The van der Waals surface area contributed by atoms with Gasteiger partial charge in [-0.05, 0) is 30.7 Å². The van der Waals surface area contributed by atoms with E-state index in [1.807, 2.05) is 24.0 Å². The summed E-state index contributed by atoms with van der Waals surface area (Å²) in [6, 6.07) is 7.93. The van der Waals surface area contributed by atoms with Crippen LogP contribution in [0.5, 0.6) is 11.5 Å². The van der Waals surface area contributed by atoms with Crippen LogP contribution in [-0.4, -0.2) is 45.6 Å². The lowest BCUT2D eigenvalue weighted by Gasteiger charge is -2.30. The van der Waals surface area contributed by atoms with Crippen LogP contribution in [-0.2, 0) is 7.05 Å². The Hall–Kier alpha value is -3.32. The van der Waals surface area contributed by atoms with Crippen molar-refractivity contribution in [2.24, 2.45) is 7.05 Å². The predicted octanol–water partition coefficient (Wildman–Crippen LogP) is 2.45. The normalized spacial score (nSPS) is 24.0. The molecule has 29 heavy (non-hydrogen) atoms. The van der Waals surface area contributed by atoms with Crippen molar-refractivity contribution in [2.45, 2.75) is 18.5 Å². The first-order chi connectivity index (χ1) is 14.1. The number of nitrogens with zero attached hydrogens (tertiary/aromatic N) is 3. The molecular weight excluding hydrogens is 368 g/mol. The highest BCUT2D eigenvalue weighted by molar-refractivity contribution is 6.17. The Bertz CT molecular complexity index is 1210. The number of anilines is 1. The van der Waals surface area contributed by atoms with Crippen LogP contribution >= 0.6 is 0 Å². The van der Waals surface area contributed by atoms with Gasteiger partial charge in [0.2, 0.25) is 5.78 Å². The van der Waals surface area contributed by atoms with Crippen LogP contribution in [0, 0.1) is 0 Å². The molecule has 3 aliphatic rings. The van der Waals surface area contributed by atoms with Gasteiger partial charge in [0, 0.05) is 55.6 Å². The zero-order valence-corrected chi connectivity index (χ0v) is 15.9. The Morgan fingerprint density at radius 1 is 1.34 bits per heavy atom. The quantitative estimate of drug-likeness (QED) is 0.657. The number of phenols is 1. The molecule has 2 atom stereocenters. The van der Waals surface area contributed by atoms with Gasteiger partial charge in [-0.2, -0.15) is 0 Å². The number of piperazine rings is 1. The van der Waals surface area contributed by atoms with Gasteiger partial charge in [0.1, 0.15) is 22.7 Å². The van der Waals surface area contributed by atoms with Crippen LogP contribution < -0.4 is 15.0 Å². The van der Waals surface area contributed by atoms with Crippen molar-refractivity contribution in [1.29, 1.82) is 0 Å². The molecule has 2 saturated heterocycles. The summed E-state index contributed by atoms with van der Waals surface area (Å²) in [5.41, 5.74) is 3.12. The predicted molar refractivity (Wildman–Crippen MR) is 109 cm³/mol. The van der Waals surface area contributed by atoms with Crippen molar-refractivity contribution < 1.29 is 14.6 Å². The van der Waals surface area contributed by atoms with Crippen molar-refractivity contribution in [1.82, 2.24) is 14.9 Å². The van der Waals surface area contributed by atoms with Crippen LogP contribution in [0.15, 0.2) is 42.4 Å². The zero-order chi connectivity index (χ0) is 19.7. The van der Waals surface area contributed by atoms with Gasteiger partial charge in [0.15, 0.2) is 5.76 Å². The number of aryl methyl sites for hydroxylation is 1. The number of hydrogen-bond acceptors (Lipinski definition) is 6. The summed E-state index contributed by atoms with van der Waals surface area (Å²) >= 11 is 0. The summed E-state index contributed by atoms with van der Waals surface area (Å²) in [7, 11) is 1.96. The van der Waals surface area contributed by atoms with E-state index < -0.39 is 0 Å². The highest BCUT2D eigenvalue weighted by atomic mass is 16.5. The molecule has 3 aliphatic heterocycles. The van der Waals surface area contributed by atoms with Crippen molar-refractivity contribution in [3.63, 3.8) is 0 Å². The Labute approximate surface area is 167 Å². The molecule has 6 rings (SSSR count). The fourth-order valence-electron chi connectivity index (χ4n) is 4.88. The first-order valence-electron chi connectivity index (χ1n) is 9.80. The number of rotatable bonds is 2. The van der Waals surface area contributed by atoms with Crippen LogP contribution in [0.4, 0.5) is 5.69 Å². The minimum absolute atomic E-state index is 0.0585. The van der Waals surface area contributed by atoms with Gasteiger partial charge in [0.25, 0.3) is 0 Å². The van der Waals surface area contributed by atoms with E-state index in [4.69, 9.17) is 4.74 Å². The molecule has 5 heterocycles. The Balaban J connectivity index is 1.49. The number of Topliss-reactive ketones (excluding diaryl/α,β-unsaturated/α-hetero) is 1. The van der Waals surface area contributed by atoms with Crippen molar-refractivity contribution in [2.75, 3.05) is 18.0 Å². The van der Waals surface area contributed by atoms with E-state index in [-0.39, 0.29) is 22.9 Å². The number of carbonyl (C=O) groups excluding carboxylic acids is 1. The summed E-state index contributed by atoms with van der Waals surface area (Å²) in [5, 5.41) is 14.6. The third kappa shape index (κ3) is 2.34. The van der Waals surface area contributed by atoms with E-state index in [2.05, 4.69) is 21.3 Å². The number of nitrogens with one attached hydrogen (secondary N) is 1. The molecule has 3 aromatic rings. The van der Waals surface area contributed by atoms with E-state index >= 15 is 0 Å². The van der Waals surface area contributed by atoms with Crippen molar-refractivity contribution in [3.05, 3.63) is 53.5 Å². The fraction of sp³-hybridized carbons (Fsp3) is 0.273. The first-order valence-corrected chi connectivity index (χ1v) is 9.80. The number of phenolic OH excluding ortho intramolecular Hbond substituents is 1. The molecule has 1 aromatic carbocycles. The van der Waals surface area contributed by atoms with E-state index in [0.29, 0.717) is 17.8 Å². The molecule has 2 aromatic heterocycles. The molecule has 7 heteroatoms. The van der Waals surface area contributed by atoms with Gasteiger partial charge in [-0.3, -0.25) is 4.79 Å². The Morgan fingerprint density at radius 2 is 2.24 bits per heavy atom. The minimum atomic E-state index is -0.301. The highest BCUT2D eigenvalue weighted by Gasteiger charge is 2.38. The molecule has 0 amide bonds. The summed E-state index contributed by atoms with van der Waals surface area (Å²) in [4.78, 5) is 19.8. The van der Waals surface area contributed by atoms with Crippen LogP contribution in [0.2, 0.25) is 0 Å². The number of benzene rings is 1. The smallest absolute Gasteiger partial charge is 0.235 e. The number of hydrogen-bond donors (Lipinski definition) is 2. The molecule has 2 unspecified atom stereocenters. The molecule has 146 valence electrons. The van der Waals surface area contributed by atoms with Crippen LogP contribution in [0.3, 0.4) is 0 Å². The topological polar surface area (TPSA) is 79.6 Å². The van der Waals surface area contributed by atoms with Crippen molar-refractivity contribution >= 4 is 28.6 Å². The lowest BCUT2D eigenvalue weighted by Crippen LogP contribution is -2.43. The Kier molecular flexibility index (Phi) is 3.35. The summed E-state index contributed by atoms with van der Waals surface area (Å²) < 4.78 is 7.75. The lowest BCUT2D eigenvalue weighted by atomic mass is 10.1. The van der Waals surface area contributed by atoms with E-state index in [9.17, 15) is 9.90 Å². The molecular formula is C22H20N4O3. The summed E-state index contributed by atoms with van der Waals surface area (Å²) in [5.74, 6) is 0.248. The van der Waals surface area contributed by atoms with Gasteiger partial charge in [-0.15, -0.1) is 0 Å². The molecule has 2 fully saturated rings. The maximum absolute atomic E-state index is 12.8. The Morgan fingerprint density at radius 3 is 3.00 bits per heavy atom. The summed E-state index contributed by atoms with van der Waals surface area (Å²) in [6.07, 6.45) is 6.74. The third-order valence-electron chi connectivity index (χ3n) is 6.19. The van der Waals surface area contributed by atoms with Gasteiger partial charge < -0.3 is 24.6 Å². The SMILES string of the molecule is Cn1cc(C=C2Oc3cccc(O)c3C2=O)c2c(N3CC4CC3CN4)ccnc21. The zero-order valence-electron chi connectivity index (χ0n) is 15.9. The van der Waals surface area contributed by atoms with Gasteiger partial charge >= 0.3 is 0 Å². The number of ether oxygens (including phenoxy) is 1. The average molecular weight is 388 g/mol. The number of fused-ring (bicyclic) bond motifs is 4. The maximum Gasteiger partial charge on any atom is 0.235 e. The molecule has 0 saturated carbocycles. The molecule has 0 radical (unpaired) electrons. The number of aromatic hydroxyl groups is 1. The average Bonchev–Trinajstić information content (AvgIpc) is 3.47. The second kappa shape index (κ2) is 5.84. The lowest BCUT2D eigenvalue weighted by molar-refractivity contribution is 0.101. The molecule has 2 N–H and O–H groups in total. The van der Waals surface area contributed by atoms with E-state index in [1.54, 1.807) is 18.2 Å². The third-order valence-corrected chi connectivity index (χ3v) is 6.19. The monoisotopic (exact) mass is 388 g/mol. The molecule has 0 aliphatic carbocycles. The van der Waals surface area contributed by atoms with Crippen molar-refractivity contribution in [3.8, 4) is 11.5 Å². The second-order valence-electron chi connectivity index (χ2n) is 7.96. The van der Waals surface area contributed by atoms with Gasteiger partial charge in [0.05, 0.1) is 5.69 Å². The standard InChI is InChI=1S/C22H20N4O3/c1-25-10-12(7-18-21(28)20-16(27)3-2-4-17(20)29-18)19-15(5-6-23-22(19)25)26-11-13-8-14(26)9-24-13/h2-7,10,13-14,24,27H,8-9,11H2,1H3.